The van der Waals surface area contributed by atoms with Crippen LogP contribution in [0.25, 0.3) is 0 Å². The Bertz CT molecular complexity index is 528. The number of anilines is 1. The molecule has 2 rings (SSSR count). The van der Waals surface area contributed by atoms with Gasteiger partial charge in [-0.2, -0.15) is 0 Å². The van der Waals surface area contributed by atoms with Gasteiger partial charge >= 0.3 is 0 Å². The summed E-state index contributed by atoms with van der Waals surface area (Å²) in [7, 11) is 1.70. The van der Waals surface area contributed by atoms with E-state index in [1.165, 1.54) is 4.90 Å². The zero-order chi connectivity index (χ0) is 12.3. The van der Waals surface area contributed by atoms with Crippen molar-refractivity contribution in [3.8, 4) is 0 Å². The van der Waals surface area contributed by atoms with E-state index in [2.05, 4.69) is 4.98 Å². The summed E-state index contributed by atoms with van der Waals surface area (Å²) in [6.45, 7) is 0. The van der Waals surface area contributed by atoms with E-state index in [-0.39, 0.29) is 5.91 Å². The highest BCUT2D eigenvalue weighted by atomic mass is 35.5. The molecule has 1 amide bonds. The van der Waals surface area contributed by atoms with E-state index in [0.717, 1.165) is 5.69 Å². The Kier molecular flexibility index (Phi) is 3.40. The average molecular weight is 247 g/mol. The fourth-order valence-corrected chi connectivity index (χ4v) is 1.70. The topological polar surface area (TPSA) is 33.2 Å². The number of aromatic nitrogens is 1. The molecule has 2 aromatic rings. The van der Waals surface area contributed by atoms with E-state index in [9.17, 15) is 4.79 Å². The maximum absolute atomic E-state index is 12.2. The van der Waals surface area contributed by atoms with Gasteiger partial charge in [0, 0.05) is 13.2 Å². The van der Waals surface area contributed by atoms with Gasteiger partial charge in [-0.25, -0.2) is 0 Å². The van der Waals surface area contributed by atoms with Gasteiger partial charge in [0.1, 0.15) is 0 Å². The van der Waals surface area contributed by atoms with Crippen LogP contribution >= 0.6 is 11.6 Å². The van der Waals surface area contributed by atoms with Gasteiger partial charge in [-0.3, -0.25) is 9.78 Å². The number of carbonyl (C=O) groups is 1. The van der Waals surface area contributed by atoms with Crippen LogP contribution in [-0.2, 0) is 0 Å². The first kappa shape index (κ1) is 11.6. The molecule has 0 saturated carbocycles. The van der Waals surface area contributed by atoms with Crippen LogP contribution < -0.4 is 4.90 Å². The lowest BCUT2D eigenvalue weighted by Crippen LogP contribution is -2.26. The van der Waals surface area contributed by atoms with Crippen LogP contribution in [0.4, 0.5) is 5.69 Å². The molecule has 0 aliphatic rings. The molecule has 1 aromatic heterocycles. The van der Waals surface area contributed by atoms with E-state index >= 15 is 0 Å². The summed E-state index contributed by atoms with van der Waals surface area (Å²) < 4.78 is 0. The quantitative estimate of drug-likeness (QED) is 0.816. The van der Waals surface area contributed by atoms with Crippen LogP contribution in [-0.4, -0.2) is 17.9 Å². The van der Waals surface area contributed by atoms with Crippen LogP contribution in [0.3, 0.4) is 0 Å². The summed E-state index contributed by atoms with van der Waals surface area (Å²) in [5, 5.41) is 0.452. The number of benzene rings is 1. The number of amides is 1. The number of hydrogen-bond acceptors (Lipinski definition) is 2. The summed E-state index contributed by atoms with van der Waals surface area (Å²) >= 11 is 5.99. The lowest BCUT2D eigenvalue weighted by Gasteiger charge is -2.17. The second-order valence-electron chi connectivity index (χ2n) is 3.56. The van der Waals surface area contributed by atoms with Gasteiger partial charge in [0.15, 0.2) is 0 Å². The first-order valence-electron chi connectivity index (χ1n) is 5.13. The van der Waals surface area contributed by atoms with Crippen LogP contribution in [0.5, 0.6) is 0 Å². The Hall–Kier alpha value is -1.87. The number of carbonyl (C=O) groups excluding carboxylic acids is 1. The van der Waals surface area contributed by atoms with E-state index in [4.69, 9.17) is 11.6 Å². The Morgan fingerprint density at radius 1 is 1.24 bits per heavy atom. The Morgan fingerprint density at radius 3 is 2.65 bits per heavy atom. The molecule has 4 heteroatoms. The second-order valence-corrected chi connectivity index (χ2v) is 3.96. The van der Waals surface area contributed by atoms with E-state index in [0.29, 0.717) is 10.6 Å². The van der Waals surface area contributed by atoms with E-state index in [1.54, 1.807) is 49.8 Å². The largest absolute Gasteiger partial charge is 0.310 e. The highest BCUT2D eigenvalue weighted by Gasteiger charge is 2.15. The molecule has 1 aromatic carbocycles. The van der Waals surface area contributed by atoms with Gasteiger partial charge in [0.05, 0.1) is 22.5 Å². The molecule has 0 N–H and O–H groups in total. The summed E-state index contributed by atoms with van der Waals surface area (Å²) in [5.41, 5.74) is 1.22. The monoisotopic (exact) mass is 246 g/mol. The average Bonchev–Trinajstić information content (AvgIpc) is 2.39. The van der Waals surface area contributed by atoms with Gasteiger partial charge in [0.2, 0.25) is 0 Å². The summed E-state index contributed by atoms with van der Waals surface area (Å²) in [6.07, 6.45) is 3.30. The molecular weight excluding hydrogens is 236 g/mol. The lowest BCUT2D eigenvalue weighted by molar-refractivity contribution is 0.0993. The molecule has 3 nitrogen and oxygen atoms in total. The molecule has 0 aliphatic carbocycles. The molecule has 0 atom stereocenters. The third-order valence-corrected chi connectivity index (χ3v) is 2.77. The van der Waals surface area contributed by atoms with Gasteiger partial charge in [-0.05, 0) is 24.3 Å². The van der Waals surface area contributed by atoms with Crippen molar-refractivity contribution in [1.82, 2.24) is 4.98 Å². The number of pyridine rings is 1. The standard InChI is InChI=1S/C13H11ClN2O/c1-16(10-5-4-8-15-9-10)13(17)11-6-2-3-7-12(11)14/h2-9H,1H3. The molecule has 0 saturated heterocycles. The molecule has 0 fully saturated rings. The first-order chi connectivity index (χ1) is 8.20. The molecule has 0 spiro atoms. The van der Waals surface area contributed by atoms with Crippen molar-refractivity contribution in [2.45, 2.75) is 0 Å². The maximum atomic E-state index is 12.2. The zero-order valence-electron chi connectivity index (χ0n) is 9.30. The number of halogens is 1. The van der Waals surface area contributed by atoms with Crippen LogP contribution in [0.2, 0.25) is 5.02 Å². The van der Waals surface area contributed by atoms with E-state index < -0.39 is 0 Å². The molecule has 0 bridgehead atoms. The minimum absolute atomic E-state index is 0.149. The number of nitrogens with zero attached hydrogens (tertiary/aromatic N) is 2. The fourth-order valence-electron chi connectivity index (χ4n) is 1.48. The predicted molar refractivity (Wildman–Crippen MR) is 68.4 cm³/mol. The maximum Gasteiger partial charge on any atom is 0.259 e. The SMILES string of the molecule is CN(C(=O)c1ccccc1Cl)c1cccnc1. The van der Waals surface area contributed by atoms with Gasteiger partial charge in [-0.1, -0.05) is 23.7 Å². The van der Waals surface area contributed by atoms with Crippen molar-refractivity contribution in [2.24, 2.45) is 0 Å². The minimum Gasteiger partial charge on any atom is -0.310 e. The first-order valence-corrected chi connectivity index (χ1v) is 5.50. The van der Waals surface area contributed by atoms with Crippen LogP contribution in [0, 0.1) is 0 Å². The predicted octanol–water partition coefficient (Wildman–Crippen LogP) is 3.01. The molecule has 0 unspecified atom stereocenters. The number of rotatable bonds is 2. The molecule has 1 heterocycles. The zero-order valence-corrected chi connectivity index (χ0v) is 10.1. The van der Waals surface area contributed by atoms with Crippen molar-refractivity contribution in [3.05, 3.63) is 59.4 Å². The molecule has 0 radical (unpaired) electrons. The summed E-state index contributed by atoms with van der Waals surface area (Å²) in [4.78, 5) is 17.7. The van der Waals surface area contributed by atoms with Crippen molar-refractivity contribution in [3.63, 3.8) is 0 Å². The lowest BCUT2D eigenvalue weighted by atomic mass is 10.2. The van der Waals surface area contributed by atoms with Crippen LogP contribution in [0.15, 0.2) is 48.8 Å². The highest BCUT2D eigenvalue weighted by molar-refractivity contribution is 6.34. The third kappa shape index (κ3) is 2.45. The summed E-state index contributed by atoms with van der Waals surface area (Å²) in [5.74, 6) is -0.149. The second kappa shape index (κ2) is 4.97. The molecule has 86 valence electrons. The third-order valence-electron chi connectivity index (χ3n) is 2.44. The van der Waals surface area contributed by atoms with Crippen molar-refractivity contribution in [2.75, 3.05) is 11.9 Å². The highest BCUT2D eigenvalue weighted by Crippen LogP contribution is 2.19. The van der Waals surface area contributed by atoms with Gasteiger partial charge in [0.25, 0.3) is 5.91 Å². The minimum atomic E-state index is -0.149. The Labute approximate surface area is 105 Å². The normalized spacial score (nSPS) is 10.0. The van der Waals surface area contributed by atoms with Crippen LogP contribution in [0.1, 0.15) is 10.4 Å². The fraction of sp³-hybridized carbons (Fsp3) is 0.0769. The van der Waals surface area contributed by atoms with Crippen molar-refractivity contribution >= 4 is 23.2 Å². The van der Waals surface area contributed by atoms with Gasteiger partial charge in [-0.15, -0.1) is 0 Å². The van der Waals surface area contributed by atoms with Crippen molar-refractivity contribution < 1.29 is 4.79 Å². The molecular formula is C13H11ClN2O. The number of hydrogen-bond donors (Lipinski definition) is 0. The molecule has 0 aliphatic heterocycles. The van der Waals surface area contributed by atoms with Crippen molar-refractivity contribution in [1.29, 1.82) is 0 Å². The summed E-state index contributed by atoms with van der Waals surface area (Å²) in [6, 6.07) is 10.6. The van der Waals surface area contributed by atoms with E-state index in [1.807, 2.05) is 6.07 Å². The molecule has 17 heavy (non-hydrogen) atoms. The Balaban J connectivity index is 2.30. The smallest absolute Gasteiger partial charge is 0.259 e. The van der Waals surface area contributed by atoms with Gasteiger partial charge < -0.3 is 4.90 Å². The Morgan fingerprint density at radius 2 is 2.00 bits per heavy atom.